The van der Waals surface area contributed by atoms with Gasteiger partial charge in [-0.2, -0.15) is 0 Å². The summed E-state index contributed by atoms with van der Waals surface area (Å²) in [6.07, 6.45) is 0. The standard InChI is InChI=1S/C26H16N4/c1-5-13-21-17(9-1)25-27-19-11-3-8-16-24(19)30(25)22-14-6-2-10-18(22)26-28-20-12-4-7-15-23(20)29(21)26/h1-16H. The second kappa shape index (κ2) is 5.67. The number of aromatic nitrogens is 4. The van der Waals surface area contributed by atoms with E-state index in [1.165, 1.54) is 0 Å². The summed E-state index contributed by atoms with van der Waals surface area (Å²) in [5.41, 5.74) is 8.24. The van der Waals surface area contributed by atoms with Crippen LogP contribution in [0.2, 0.25) is 0 Å². The average molecular weight is 384 g/mol. The fourth-order valence-electron chi connectivity index (χ4n) is 4.62. The molecule has 0 spiro atoms. The fraction of sp³-hybridized carbons (Fsp3) is 0. The van der Waals surface area contributed by atoms with Gasteiger partial charge in [-0.1, -0.05) is 48.5 Å². The van der Waals surface area contributed by atoms with Gasteiger partial charge in [0.25, 0.3) is 0 Å². The van der Waals surface area contributed by atoms with Gasteiger partial charge in [-0.25, -0.2) is 9.97 Å². The first-order valence-corrected chi connectivity index (χ1v) is 10.0. The zero-order chi connectivity index (χ0) is 19.7. The quantitative estimate of drug-likeness (QED) is 0.314. The van der Waals surface area contributed by atoms with Crippen molar-refractivity contribution in [2.24, 2.45) is 0 Å². The number of hydrogen-bond acceptors (Lipinski definition) is 2. The molecule has 0 saturated heterocycles. The summed E-state index contributed by atoms with van der Waals surface area (Å²) >= 11 is 0. The monoisotopic (exact) mass is 384 g/mol. The first-order chi connectivity index (χ1) is 14.9. The van der Waals surface area contributed by atoms with Crippen LogP contribution in [-0.4, -0.2) is 18.8 Å². The van der Waals surface area contributed by atoms with E-state index in [9.17, 15) is 0 Å². The largest absolute Gasteiger partial charge is 0.292 e. The van der Waals surface area contributed by atoms with Gasteiger partial charge in [-0.05, 0) is 48.5 Å². The summed E-state index contributed by atoms with van der Waals surface area (Å²) in [7, 11) is 0. The van der Waals surface area contributed by atoms with Crippen LogP contribution in [0.25, 0.3) is 55.2 Å². The third kappa shape index (κ3) is 1.95. The highest BCUT2D eigenvalue weighted by atomic mass is 15.1. The van der Waals surface area contributed by atoms with E-state index in [0.29, 0.717) is 0 Å². The first-order valence-electron chi connectivity index (χ1n) is 10.0. The topological polar surface area (TPSA) is 34.6 Å². The molecule has 3 heterocycles. The Bertz CT molecular complexity index is 1670. The zero-order valence-electron chi connectivity index (χ0n) is 16.0. The summed E-state index contributed by atoms with van der Waals surface area (Å²) in [6, 6.07) is 33.6. The molecule has 0 radical (unpaired) electrons. The summed E-state index contributed by atoms with van der Waals surface area (Å²) in [6.45, 7) is 0. The predicted molar refractivity (Wildman–Crippen MR) is 123 cm³/mol. The van der Waals surface area contributed by atoms with Crippen molar-refractivity contribution in [2.45, 2.75) is 0 Å². The molecule has 0 N–H and O–H groups in total. The van der Waals surface area contributed by atoms with Gasteiger partial charge >= 0.3 is 0 Å². The molecule has 0 aliphatic rings. The smallest absolute Gasteiger partial charge is 0.147 e. The van der Waals surface area contributed by atoms with E-state index < -0.39 is 0 Å². The summed E-state index contributed by atoms with van der Waals surface area (Å²) in [4.78, 5) is 10.1. The molecule has 0 aliphatic carbocycles. The second-order valence-corrected chi connectivity index (χ2v) is 7.55. The van der Waals surface area contributed by atoms with E-state index in [2.05, 4.69) is 93.7 Å². The molecular formula is C26H16N4. The van der Waals surface area contributed by atoms with Crippen LogP contribution in [-0.2, 0) is 0 Å². The van der Waals surface area contributed by atoms with Gasteiger partial charge in [0.1, 0.15) is 11.3 Å². The van der Waals surface area contributed by atoms with Crippen LogP contribution in [0.5, 0.6) is 0 Å². The van der Waals surface area contributed by atoms with Crippen LogP contribution >= 0.6 is 0 Å². The molecule has 140 valence electrons. The maximum Gasteiger partial charge on any atom is 0.147 e. The van der Waals surface area contributed by atoms with Crippen molar-refractivity contribution in [2.75, 3.05) is 0 Å². The van der Waals surface area contributed by atoms with E-state index >= 15 is 0 Å². The first kappa shape index (κ1) is 15.7. The molecule has 0 unspecified atom stereocenters. The lowest BCUT2D eigenvalue weighted by atomic mass is 10.2. The van der Waals surface area contributed by atoms with Crippen molar-refractivity contribution >= 4 is 55.2 Å². The molecule has 0 aliphatic heterocycles. The van der Waals surface area contributed by atoms with E-state index in [4.69, 9.17) is 9.97 Å². The van der Waals surface area contributed by atoms with Crippen LogP contribution in [0.3, 0.4) is 0 Å². The van der Waals surface area contributed by atoms with E-state index in [-0.39, 0.29) is 0 Å². The van der Waals surface area contributed by atoms with E-state index in [0.717, 1.165) is 55.2 Å². The minimum atomic E-state index is 0.947. The van der Waals surface area contributed by atoms with Crippen molar-refractivity contribution in [3.05, 3.63) is 97.1 Å². The van der Waals surface area contributed by atoms with Crippen molar-refractivity contribution < 1.29 is 0 Å². The van der Waals surface area contributed by atoms with Gasteiger partial charge in [0.05, 0.1) is 33.1 Å². The molecule has 3 aromatic heterocycles. The molecule has 7 rings (SSSR count). The SMILES string of the molecule is c1ccc2c(c1)nc1c3ccccc3n3c4ccccc4nc3c3ccccc3n21. The van der Waals surface area contributed by atoms with Crippen molar-refractivity contribution in [1.29, 1.82) is 0 Å². The Labute approximate surface area is 171 Å². The van der Waals surface area contributed by atoms with Gasteiger partial charge in [0.2, 0.25) is 0 Å². The molecule has 0 bridgehead atoms. The summed E-state index contributed by atoms with van der Waals surface area (Å²) < 4.78 is 4.54. The Hall–Kier alpha value is -4.18. The minimum absolute atomic E-state index is 0.947. The van der Waals surface area contributed by atoms with Gasteiger partial charge in [0, 0.05) is 10.8 Å². The minimum Gasteiger partial charge on any atom is -0.292 e. The Morgan fingerprint density at radius 1 is 0.400 bits per heavy atom. The average Bonchev–Trinajstić information content (AvgIpc) is 3.36. The Balaban J connectivity index is 1.98. The van der Waals surface area contributed by atoms with Gasteiger partial charge < -0.3 is 0 Å². The van der Waals surface area contributed by atoms with Gasteiger partial charge in [0.15, 0.2) is 0 Å². The molecule has 0 saturated carbocycles. The Morgan fingerprint density at radius 2 is 0.767 bits per heavy atom. The molecule has 0 atom stereocenters. The Kier molecular flexibility index (Phi) is 2.97. The normalized spacial score (nSPS) is 12.0. The number of imidazole rings is 2. The molecule has 0 amide bonds. The van der Waals surface area contributed by atoms with Crippen LogP contribution in [0.4, 0.5) is 0 Å². The molecule has 7 aromatic rings. The van der Waals surface area contributed by atoms with Crippen LogP contribution in [0, 0.1) is 0 Å². The molecule has 0 fully saturated rings. The maximum atomic E-state index is 5.06. The molecular weight excluding hydrogens is 368 g/mol. The highest BCUT2D eigenvalue weighted by Gasteiger charge is 2.14. The van der Waals surface area contributed by atoms with Gasteiger partial charge in [-0.15, -0.1) is 0 Å². The maximum absolute atomic E-state index is 5.06. The highest BCUT2D eigenvalue weighted by Crippen LogP contribution is 2.31. The number of rotatable bonds is 0. The van der Waals surface area contributed by atoms with Crippen molar-refractivity contribution in [1.82, 2.24) is 18.8 Å². The van der Waals surface area contributed by atoms with E-state index in [1.807, 2.05) is 12.1 Å². The lowest BCUT2D eigenvalue weighted by Crippen LogP contribution is -1.93. The van der Waals surface area contributed by atoms with Crippen LogP contribution in [0.15, 0.2) is 97.1 Å². The number of benzene rings is 4. The third-order valence-electron chi connectivity index (χ3n) is 5.89. The lowest BCUT2D eigenvalue weighted by molar-refractivity contribution is 1.28. The Morgan fingerprint density at radius 3 is 1.23 bits per heavy atom. The number of para-hydroxylation sites is 6. The summed E-state index contributed by atoms with van der Waals surface area (Å²) in [5, 5.41) is 2.18. The third-order valence-corrected chi connectivity index (χ3v) is 5.89. The molecule has 30 heavy (non-hydrogen) atoms. The van der Waals surface area contributed by atoms with E-state index in [1.54, 1.807) is 0 Å². The molecule has 4 nitrogen and oxygen atoms in total. The fourth-order valence-corrected chi connectivity index (χ4v) is 4.62. The zero-order valence-corrected chi connectivity index (χ0v) is 16.0. The summed E-state index contributed by atoms with van der Waals surface area (Å²) in [5.74, 6) is 0. The number of fused-ring (bicyclic) bond motifs is 12. The predicted octanol–water partition coefficient (Wildman–Crippen LogP) is 6.16. The number of hydrogen-bond donors (Lipinski definition) is 0. The van der Waals surface area contributed by atoms with Gasteiger partial charge in [-0.3, -0.25) is 8.80 Å². The van der Waals surface area contributed by atoms with Crippen LogP contribution < -0.4 is 0 Å². The number of nitrogens with zero attached hydrogens (tertiary/aromatic N) is 4. The molecule has 4 aromatic carbocycles. The highest BCUT2D eigenvalue weighted by molar-refractivity contribution is 6.05. The molecule has 4 heteroatoms. The second-order valence-electron chi connectivity index (χ2n) is 7.55. The van der Waals surface area contributed by atoms with Crippen molar-refractivity contribution in [3.63, 3.8) is 0 Å². The lowest BCUT2D eigenvalue weighted by Gasteiger charge is -2.07. The van der Waals surface area contributed by atoms with Crippen LogP contribution in [0.1, 0.15) is 0 Å². The van der Waals surface area contributed by atoms with Crippen molar-refractivity contribution in [3.8, 4) is 0 Å².